The number of rotatable bonds is 2. The molecule has 1 aromatic rings. The number of nitrogen functional groups attached to an aromatic ring is 1. The molecule has 0 spiro atoms. The minimum atomic E-state index is -4.31. The zero-order chi connectivity index (χ0) is 13.9. The van der Waals surface area contributed by atoms with Crippen molar-refractivity contribution in [2.75, 3.05) is 5.73 Å². The van der Waals surface area contributed by atoms with Crippen molar-refractivity contribution in [3.63, 3.8) is 0 Å². The summed E-state index contributed by atoms with van der Waals surface area (Å²) in [5, 5.41) is 0. The molecule has 0 unspecified atom stereocenters. The lowest BCUT2D eigenvalue weighted by Crippen LogP contribution is -2.09. The van der Waals surface area contributed by atoms with E-state index in [1.165, 1.54) is 38.5 Å². The molecule has 0 heterocycles. The maximum absolute atomic E-state index is 12.6. The monoisotopic (exact) mass is 271 g/mol. The summed E-state index contributed by atoms with van der Waals surface area (Å²) in [4.78, 5) is 0. The molecule has 1 aliphatic carbocycles. The Morgan fingerprint density at radius 3 is 2.21 bits per heavy atom. The summed E-state index contributed by atoms with van der Waals surface area (Å²) in [5.41, 5.74) is 6.25. The summed E-state index contributed by atoms with van der Waals surface area (Å²) < 4.78 is 37.7. The highest BCUT2D eigenvalue weighted by Gasteiger charge is 2.30. The van der Waals surface area contributed by atoms with Crippen molar-refractivity contribution in [3.05, 3.63) is 29.3 Å². The van der Waals surface area contributed by atoms with E-state index in [0.29, 0.717) is 5.92 Å². The van der Waals surface area contributed by atoms with E-state index in [0.717, 1.165) is 24.1 Å². The van der Waals surface area contributed by atoms with Crippen LogP contribution in [0, 0.1) is 5.92 Å². The van der Waals surface area contributed by atoms with Crippen LogP contribution in [0.2, 0.25) is 0 Å². The van der Waals surface area contributed by atoms with E-state index >= 15 is 0 Å². The van der Waals surface area contributed by atoms with Gasteiger partial charge in [-0.3, -0.25) is 0 Å². The van der Waals surface area contributed by atoms with E-state index in [1.54, 1.807) is 6.07 Å². The minimum Gasteiger partial charge on any atom is -0.398 e. The lowest BCUT2D eigenvalue weighted by Gasteiger charge is -2.16. The normalized spacial score (nSPS) is 18.3. The van der Waals surface area contributed by atoms with E-state index in [4.69, 9.17) is 5.73 Å². The number of hydrogen-bond acceptors (Lipinski definition) is 1. The van der Waals surface area contributed by atoms with Crippen molar-refractivity contribution in [1.82, 2.24) is 0 Å². The molecule has 0 amide bonds. The van der Waals surface area contributed by atoms with Crippen LogP contribution in [0.3, 0.4) is 0 Å². The van der Waals surface area contributed by atoms with Gasteiger partial charge in [0.2, 0.25) is 0 Å². The molecule has 2 N–H and O–H groups in total. The third-order valence-corrected chi connectivity index (χ3v) is 3.96. The Morgan fingerprint density at radius 1 is 1.05 bits per heavy atom. The minimum absolute atomic E-state index is 0.277. The highest BCUT2D eigenvalue weighted by Crippen LogP contribution is 2.33. The second kappa shape index (κ2) is 5.85. The first-order valence-corrected chi connectivity index (χ1v) is 6.92. The number of alkyl halides is 3. The summed E-state index contributed by atoms with van der Waals surface area (Å²) in [6, 6.07) is 3.75. The summed E-state index contributed by atoms with van der Waals surface area (Å²) in [5.74, 6) is 0.571. The van der Waals surface area contributed by atoms with Gasteiger partial charge < -0.3 is 5.73 Å². The van der Waals surface area contributed by atoms with Crippen molar-refractivity contribution in [1.29, 1.82) is 0 Å². The lowest BCUT2D eigenvalue weighted by molar-refractivity contribution is -0.137. The second-order valence-corrected chi connectivity index (χ2v) is 5.47. The van der Waals surface area contributed by atoms with Crippen LogP contribution in [0.1, 0.15) is 49.7 Å². The molecule has 0 aliphatic heterocycles. The van der Waals surface area contributed by atoms with Crippen molar-refractivity contribution < 1.29 is 13.2 Å². The van der Waals surface area contributed by atoms with Gasteiger partial charge in [-0.25, -0.2) is 0 Å². The maximum Gasteiger partial charge on any atom is 0.416 e. The molecule has 2 rings (SSSR count). The van der Waals surface area contributed by atoms with Gasteiger partial charge in [0.1, 0.15) is 0 Å². The molecule has 19 heavy (non-hydrogen) atoms. The first-order valence-electron chi connectivity index (χ1n) is 6.92. The smallest absolute Gasteiger partial charge is 0.398 e. The van der Waals surface area contributed by atoms with E-state index in [2.05, 4.69) is 0 Å². The molecule has 0 saturated heterocycles. The van der Waals surface area contributed by atoms with E-state index in [9.17, 15) is 13.2 Å². The van der Waals surface area contributed by atoms with Crippen LogP contribution in [-0.2, 0) is 12.6 Å². The first-order chi connectivity index (χ1) is 8.97. The average Bonchev–Trinajstić information content (AvgIpc) is 2.59. The average molecular weight is 271 g/mol. The Morgan fingerprint density at radius 2 is 1.68 bits per heavy atom. The van der Waals surface area contributed by atoms with E-state index in [1.807, 2.05) is 0 Å². The van der Waals surface area contributed by atoms with Gasteiger partial charge in [-0.1, -0.05) is 44.6 Å². The molecule has 0 radical (unpaired) electrons. The molecule has 4 heteroatoms. The molecule has 106 valence electrons. The van der Waals surface area contributed by atoms with Crippen molar-refractivity contribution >= 4 is 5.69 Å². The van der Waals surface area contributed by atoms with Crippen molar-refractivity contribution in [2.45, 2.75) is 51.1 Å². The highest BCUT2D eigenvalue weighted by molar-refractivity contribution is 5.50. The fourth-order valence-electron chi connectivity index (χ4n) is 2.84. The van der Waals surface area contributed by atoms with E-state index in [-0.39, 0.29) is 5.69 Å². The fraction of sp³-hybridized carbons (Fsp3) is 0.600. The Kier molecular flexibility index (Phi) is 4.38. The molecular weight excluding hydrogens is 251 g/mol. The van der Waals surface area contributed by atoms with Gasteiger partial charge in [0.15, 0.2) is 0 Å². The Hall–Kier alpha value is -1.19. The maximum atomic E-state index is 12.6. The van der Waals surface area contributed by atoms with Crippen LogP contribution in [0.25, 0.3) is 0 Å². The Labute approximate surface area is 112 Å². The van der Waals surface area contributed by atoms with Gasteiger partial charge in [-0.2, -0.15) is 13.2 Å². The summed E-state index contributed by atoms with van der Waals surface area (Å²) in [6.07, 6.45) is 3.84. The highest BCUT2D eigenvalue weighted by atomic mass is 19.4. The molecule has 0 atom stereocenters. The van der Waals surface area contributed by atoms with Crippen molar-refractivity contribution in [3.8, 4) is 0 Å². The molecule has 1 fully saturated rings. The van der Waals surface area contributed by atoms with Crippen LogP contribution in [0.5, 0.6) is 0 Å². The molecule has 0 aromatic heterocycles. The van der Waals surface area contributed by atoms with Gasteiger partial charge >= 0.3 is 6.18 Å². The Balaban J connectivity index is 2.08. The number of hydrogen-bond donors (Lipinski definition) is 1. The molecule has 1 saturated carbocycles. The third-order valence-electron chi connectivity index (χ3n) is 3.96. The Bertz CT molecular complexity index is 418. The quantitative estimate of drug-likeness (QED) is 0.606. The molecule has 1 nitrogen and oxygen atoms in total. The number of anilines is 1. The van der Waals surface area contributed by atoms with Gasteiger partial charge in [-0.15, -0.1) is 0 Å². The molecule has 0 bridgehead atoms. The standard InChI is InChI=1S/C15H20F3N/c16-15(17,18)13-8-7-12(14(19)10-13)9-11-5-3-1-2-4-6-11/h7-8,10-11H,1-6,9,19H2. The lowest BCUT2D eigenvalue weighted by atomic mass is 9.91. The summed E-state index contributed by atoms with van der Waals surface area (Å²) >= 11 is 0. The number of nitrogens with two attached hydrogens (primary N) is 1. The number of benzene rings is 1. The molecular formula is C15H20F3N. The second-order valence-electron chi connectivity index (χ2n) is 5.47. The third kappa shape index (κ3) is 3.88. The van der Waals surface area contributed by atoms with Gasteiger partial charge in [0.05, 0.1) is 5.56 Å². The van der Waals surface area contributed by atoms with Crippen LogP contribution >= 0.6 is 0 Å². The summed E-state index contributed by atoms with van der Waals surface area (Å²) in [7, 11) is 0. The number of halogens is 3. The molecule has 1 aromatic carbocycles. The zero-order valence-electron chi connectivity index (χ0n) is 11.0. The van der Waals surface area contributed by atoms with Gasteiger partial charge in [0.25, 0.3) is 0 Å². The SMILES string of the molecule is Nc1cc(C(F)(F)F)ccc1CC1CCCCCC1. The first kappa shape index (κ1) is 14.2. The topological polar surface area (TPSA) is 26.0 Å². The summed E-state index contributed by atoms with van der Waals surface area (Å²) in [6.45, 7) is 0. The van der Waals surface area contributed by atoms with Crippen LogP contribution in [-0.4, -0.2) is 0 Å². The van der Waals surface area contributed by atoms with Gasteiger partial charge in [-0.05, 0) is 30.0 Å². The van der Waals surface area contributed by atoms with E-state index < -0.39 is 11.7 Å². The zero-order valence-corrected chi connectivity index (χ0v) is 11.0. The predicted octanol–water partition coefficient (Wildman–Crippen LogP) is 4.80. The largest absolute Gasteiger partial charge is 0.416 e. The fourth-order valence-corrected chi connectivity index (χ4v) is 2.84. The molecule has 1 aliphatic rings. The van der Waals surface area contributed by atoms with Gasteiger partial charge in [0, 0.05) is 5.69 Å². The van der Waals surface area contributed by atoms with Crippen LogP contribution in [0.15, 0.2) is 18.2 Å². The van der Waals surface area contributed by atoms with Crippen LogP contribution in [0.4, 0.5) is 18.9 Å². The predicted molar refractivity (Wildman–Crippen MR) is 70.8 cm³/mol. The van der Waals surface area contributed by atoms with Crippen molar-refractivity contribution in [2.24, 2.45) is 5.92 Å². The van der Waals surface area contributed by atoms with Crippen LogP contribution < -0.4 is 5.73 Å².